The molecule has 1 aliphatic rings. The highest BCUT2D eigenvalue weighted by Crippen LogP contribution is 2.51. The van der Waals surface area contributed by atoms with Crippen molar-refractivity contribution in [2.45, 2.75) is 26.7 Å². The highest BCUT2D eigenvalue weighted by molar-refractivity contribution is 6.28. The summed E-state index contributed by atoms with van der Waals surface area (Å²) >= 11 is 5.89. The third kappa shape index (κ3) is 2.83. The third-order valence-corrected chi connectivity index (χ3v) is 3.88. The van der Waals surface area contributed by atoms with Crippen LogP contribution in [0.1, 0.15) is 26.7 Å². The molecule has 1 aromatic rings. The van der Waals surface area contributed by atoms with Gasteiger partial charge in [0, 0.05) is 20.6 Å². The Balaban J connectivity index is 2.05. The van der Waals surface area contributed by atoms with E-state index in [0.717, 1.165) is 6.54 Å². The summed E-state index contributed by atoms with van der Waals surface area (Å²) in [4.78, 5) is 14.3. The van der Waals surface area contributed by atoms with Gasteiger partial charge in [0.2, 0.25) is 17.2 Å². The van der Waals surface area contributed by atoms with Crippen molar-refractivity contribution < 1.29 is 0 Å². The first-order valence-corrected chi connectivity index (χ1v) is 6.63. The first-order chi connectivity index (χ1) is 8.43. The third-order valence-electron chi connectivity index (χ3n) is 3.71. The van der Waals surface area contributed by atoms with Gasteiger partial charge >= 0.3 is 0 Å². The molecule has 0 radical (unpaired) electrons. The minimum Gasteiger partial charge on any atom is -0.353 e. The van der Waals surface area contributed by atoms with Crippen LogP contribution in [0.15, 0.2) is 0 Å². The van der Waals surface area contributed by atoms with Crippen LogP contribution in [0.5, 0.6) is 0 Å². The number of anilines is 2. The molecule has 1 aliphatic carbocycles. The molecule has 2 rings (SSSR count). The second kappa shape index (κ2) is 4.88. The smallest absolute Gasteiger partial charge is 0.230 e. The van der Waals surface area contributed by atoms with Crippen LogP contribution in [0.3, 0.4) is 0 Å². The molecule has 1 N–H and O–H groups in total. The largest absolute Gasteiger partial charge is 0.353 e. The maximum Gasteiger partial charge on any atom is 0.230 e. The maximum absolute atomic E-state index is 5.89. The van der Waals surface area contributed by atoms with Gasteiger partial charge in [-0.05, 0) is 35.8 Å². The zero-order valence-corrected chi connectivity index (χ0v) is 12.1. The van der Waals surface area contributed by atoms with Crippen molar-refractivity contribution in [1.82, 2.24) is 15.0 Å². The monoisotopic (exact) mass is 269 g/mol. The quantitative estimate of drug-likeness (QED) is 0.890. The second-order valence-corrected chi connectivity index (χ2v) is 5.83. The van der Waals surface area contributed by atoms with Crippen molar-refractivity contribution in [3.05, 3.63) is 5.28 Å². The van der Waals surface area contributed by atoms with E-state index in [4.69, 9.17) is 11.6 Å². The summed E-state index contributed by atoms with van der Waals surface area (Å²) in [5, 5.41) is 3.52. The molecule has 6 heteroatoms. The minimum atomic E-state index is 0.227. The molecule has 1 fully saturated rings. The molecule has 0 bridgehead atoms. The van der Waals surface area contributed by atoms with Gasteiger partial charge in [0.25, 0.3) is 0 Å². The normalized spacial score (nSPS) is 16.8. The summed E-state index contributed by atoms with van der Waals surface area (Å²) in [6.07, 6.45) is 2.55. The molecule has 0 spiro atoms. The molecule has 0 saturated heterocycles. The molecular weight excluding hydrogens is 250 g/mol. The summed E-state index contributed by atoms with van der Waals surface area (Å²) in [5.74, 6) is 1.81. The van der Waals surface area contributed by atoms with E-state index in [-0.39, 0.29) is 5.28 Å². The van der Waals surface area contributed by atoms with Crippen molar-refractivity contribution in [1.29, 1.82) is 0 Å². The summed E-state index contributed by atoms with van der Waals surface area (Å²) < 4.78 is 0. The summed E-state index contributed by atoms with van der Waals surface area (Å²) in [5.41, 5.74) is 0.414. The Morgan fingerprint density at radius 2 is 1.94 bits per heavy atom. The van der Waals surface area contributed by atoms with E-state index >= 15 is 0 Å². The van der Waals surface area contributed by atoms with E-state index in [0.29, 0.717) is 23.2 Å². The van der Waals surface area contributed by atoms with E-state index in [9.17, 15) is 0 Å². The van der Waals surface area contributed by atoms with Crippen LogP contribution in [-0.2, 0) is 0 Å². The fourth-order valence-electron chi connectivity index (χ4n) is 1.99. The molecule has 5 nitrogen and oxygen atoms in total. The summed E-state index contributed by atoms with van der Waals surface area (Å²) in [6.45, 7) is 5.43. The zero-order valence-electron chi connectivity index (χ0n) is 11.4. The first-order valence-electron chi connectivity index (χ1n) is 6.26. The van der Waals surface area contributed by atoms with Gasteiger partial charge in [0.1, 0.15) is 0 Å². The molecule has 1 heterocycles. The summed E-state index contributed by atoms with van der Waals surface area (Å²) in [6, 6.07) is 0. The van der Waals surface area contributed by atoms with Crippen molar-refractivity contribution in [3.63, 3.8) is 0 Å². The predicted octanol–water partition coefficient (Wildman–Crippen LogP) is 2.44. The Kier molecular flexibility index (Phi) is 3.61. The van der Waals surface area contributed by atoms with Crippen LogP contribution in [0.4, 0.5) is 11.9 Å². The highest BCUT2D eigenvalue weighted by atomic mass is 35.5. The number of nitrogens with zero attached hydrogens (tertiary/aromatic N) is 4. The number of halogens is 1. The summed E-state index contributed by atoms with van der Waals surface area (Å²) in [7, 11) is 3.76. The molecule has 0 amide bonds. The maximum atomic E-state index is 5.89. The molecular formula is C12H20ClN5. The number of hydrogen-bond acceptors (Lipinski definition) is 5. The van der Waals surface area contributed by atoms with Gasteiger partial charge in [-0.3, -0.25) is 0 Å². The molecule has 1 aromatic heterocycles. The van der Waals surface area contributed by atoms with Crippen molar-refractivity contribution in [3.8, 4) is 0 Å². The van der Waals surface area contributed by atoms with Crippen LogP contribution in [-0.4, -0.2) is 35.6 Å². The lowest BCUT2D eigenvalue weighted by atomic mass is 9.92. The standard InChI is InChI=1S/C12H20ClN5/c1-8(2)12(5-6-12)7-14-10-15-9(13)16-11(17-10)18(3)4/h8H,5-7H2,1-4H3,(H,14,15,16,17). The van der Waals surface area contributed by atoms with Crippen LogP contribution in [0, 0.1) is 11.3 Å². The van der Waals surface area contributed by atoms with Gasteiger partial charge in [-0.25, -0.2) is 0 Å². The van der Waals surface area contributed by atoms with Crippen molar-refractivity contribution in [2.75, 3.05) is 30.9 Å². The fraction of sp³-hybridized carbons (Fsp3) is 0.750. The van der Waals surface area contributed by atoms with Crippen LogP contribution in [0.25, 0.3) is 0 Å². The SMILES string of the molecule is CC(C)C1(CNc2nc(Cl)nc(N(C)C)n2)CC1. The van der Waals surface area contributed by atoms with Gasteiger partial charge in [-0.2, -0.15) is 15.0 Å². The number of rotatable bonds is 5. The Morgan fingerprint density at radius 1 is 1.28 bits per heavy atom. The van der Waals surface area contributed by atoms with E-state index in [2.05, 4.69) is 34.1 Å². The van der Waals surface area contributed by atoms with Gasteiger partial charge in [0.05, 0.1) is 0 Å². The van der Waals surface area contributed by atoms with Crippen molar-refractivity contribution in [2.24, 2.45) is 11.3 Å². The number of aromatic nitrogens is 3. The Morgan fingerprint density at radius 3 is 2.44 bits per heavy atom. The zero-order chi connectivity index (χ0) is 13.3. The topological polar surface area (TPSA) is 53.9 Å². The molecule has 0 unspecified atom stereocenters. The minimum absolute atomic E-state index is 0.227. The van der Waals surface area contributed by atoms with Gasteiger partial charge in [-0.15, -0.1) is 0 Å². The average molecular weight is 270 g/mol. The average Bonchev–Trinajstić information content (AvgIpc) is 3.06. The molecule has 18 heavy (non-hydrogen) atoms. The molecule has 1 saturated carbocycles. The van der Waals surface area contributed by atoms with E-state index in [1.165, 1.54) is 12.8 Å². The fourth-order valence-corrected chi connectivity index (χ4v) is 2.15. The molecule has 0 aromatic carbocycles. The second-order valence-electron chi connectivity index (χ2n) is 5.49. The van der Waals surface area contributed by atoms with E-state index < -0.39 is 0 Å². The lowest BCUT2D eigenvalue weighted by Gasteiger charge is -2.20. The lowest BCUT2D eigenvalue weighted by Crippen LogP contribution is -2.23. The van der Waals surface area contributed by atoms with Crippen LogP contribution >= 0.6 is 11.6 Å². The van der Waals surface area contributed by atoms with Gasteiger partial charge < -0.3 is 10.2 Å². The van der Waals surface area contributed by atoms with Crippen LogP contribution in [0.2, 0.25) is 5.28 Å². The highest BCUT2D eigenvalue weighted by Gasteiger charge is 2.45. The first kappa shape index (κ1) is 13.3. The molecule has 100 valence electrons. The molecule has 0 aliphatic heterocycles. The number of nitrogens with one attached hydrogen (secondary N) is 1. The Hall–Kier alpha value is -1.10. The Bertz CT molecular complexity index is 428. The van der Waals surface area contributed by atoms with E-state index in [1.54, 1.807) is 0 Å². The number of hydrogen-bond donors (Lipinski definition) is 1. The van der Waals surface area contributed by atoms with Gasteiger partial charge in [0.15, 0.2) is 0 Å². The van der Waals surface area contributed by atoms with E-state index in [1.807, 2.05) is 19.0 Å². The van der Waals surface area contributed by atoms with Gasteiger partial charge in [-0.1, -0.05) is 13.8 Å². The molecule has 0 atom stereocenters. The predicted molar refractivity (Wildman–Crippen MR) is 74.2 cm³/mol. The Labute approximate surface area is 113 Å². The van der Waals surface area contributed by atoms with Crippen LogP contribution < -0.4 is 10.2 Å². The van der Waals surface area contributed by atoms with Crippen molar-refractivity contribution >= 4 is 23.5 Å². The lowest BCUT2D eigenvalue weighted by molar-refractivity contribution is 0.379.